The number of hydrogen-bond acceptors (Lipinski definition) is 4. The molecule has 162 valence electrons. The van der Waals surface area contributed by atoms with E-state index in [2.05, 4.69) is 50.7 Å². The smallest absolute Gasteiger partial charge is 0.170 e. The Kier molecular flexibility index (Phi) is 5.49. The van der Waals surface area contributed by atoms with Gasteiger partial charge >= 0.3 is 0 Å². The summed E-state index contributed by atoms with van der Waals surface area (Å²) in [5, 5.41) is 4.24. The minimum atomic E-state index is -0.0509. The molecule has 0 bridgehead atoms. The summed E-state index contributed by atoms with van der Waals surface area (Å²) in [4.78, 5) is 11.4. The van der Waals surface area contributed by atoms with Crippen LogP contribution in [0.5, 0.6) is 0 Å². The zero-order valence-electron chi connectivity index (χ0n) is 18.1. The van der Waals surface area contributed by atoms with Crippen LogP contribution in [0.15, 0.2) is 77.7 Å². The van der Waals surface area contributed by atoms with E-state index in [0.29, 0.717) is 18.2 Å². The molecule has 7 heteroatoms. The maximum Gasteiger partial charge on any atom is 0.170 e. The SMILES string of the molecule is Cc1cc([C@H]2[C@H](c3ccccn3)NC(=S)N2Cc2ccccn2)c(C)n1Cc1ccco1. The molecule has 0 spiro atoms. The van der Waals surface area contributed by atoms with E-state index in [9.17, 15) is 0 Å². The van der Waals surface area contributed by atoms with Gasteiger partial charge in [0.2, 0.25) is 0 Å². The van der Waals surface area contributed by atoms with E-state index < -0.39 is 0 Å². The fraction of sp³-hybridized carbons (Fsp3) is 0.240. The van der Waals surface area contributed by atoms with E-state index in [1.54, 1.807) is 6.26 Å². The molecule has 0 unspecified atom stereocenters. The fourth-order valence-corrected chi connectivity index (χ4v) is 4.81. The first-order chi connectivity index (χ1) is 15.6. The highest BCUT2D eigenvalue weighted by Gasteiger charge is 2.41. The van der Waals surface area contributed by atoms with Gasteiger partial charge in [-0.05, 0) is 74.1 Å². The highest BCUT2D eigenvalue weighted by Crippen LogP contribution is 2.41. The Morgan fingerprint density at radius 1 is 1.00 bits per heavy atom. The van der Waals surface area contributed by atoms with Gasteiger partial charge in [0.25, 0.3) is 0 Å². The molecule has 32 heavy (non-hydrogen) atoms. The first-order valence-corrected chi connectivity index (χ1v) is 11.1. The molecule has 4 aromatic rings. The average Bonchev–Trinajstić information content (AvgIpc) is 3.51. The summed E-state index contributed by atoms with van der Waals surface area (Å²) in [5.74, 6) is 0.935. The van der Waals surface area contributed by atoms with Crippen LogP contribution in [0.4, 0.5) is 0 Å². The highest BCUT2D eigenvalue weighted by molar-refractivity contribution is 7.80. The molecule has 1 N–H and O–H groups in total. The Hall–Kier alpha value is -3.45. The van der Waals surface area contributed by atoms with Crippen LogP contribution < -0.4 is 5.32 Å². The van der Waals surface area contributed by atoms with Gasteiger partial charge in [0, 0.05) is 23.8 Å². The monoisotopic (exact) mass is 443 g/mol. The van der Waals surface area contributed by atoms with Crippen molar-refractivity contribution in [3.05, 3.63) is 107 Å². The number of rotatable bonds is 6. The molecule has 2 atom stereocenters. The zero-order valence-corrected chi connectivity index (χ0v) is 18.9. The molecule has 0 aromatic carbocycles. The maximum atomic E-state index is 5.81. The van der Waals surface area contributed by atoms with Crippen molar-refractivity contribution in [1.29, 1.82) is 0 Å². The molecule has 1 saturated heterocycles. The van der Waals surface area contributed by atoms with E-state index in [1.165, 1.54) is 17.0 Å². The van der Waals surface area contributed by atoms with Crippen LogP contribution >= 0.6 is 12.2 Å². The molecular formula is C25H25N5OS. The van der Waals surface area contributed by atoms with Crippen LogP contribution in [-0.2, 0) is 13.1 Å². The van der Waals surface area contributed by atoms with Gasteiger partial charge in [0.15, 0.2) is 5.11 Å². The van der Waals surface area contributed by atoms with Crippen molar-refractivity contribution in [3.8, 4) is 0 Å². The predicted molar refractivity (Wildman–Crippen MR) is 127 cm³/mol. The Bertz CT molecular complexity index is 1200. The van der Waals surface area contributed by atoms with Crippen molar-refractivity contribution >= 4 is 17.3 Å². The van der Waals surface area contributed by atoms with E-state index >= 15 is 0 Å². The summed E-state index contributed by atoms with van der Waals surface area (Å²) >= 11 is 5.81. The van der Waals surface area contributed by atoms with E-state index in [-0.39, 0.29) is 12.1 Å². The Morgan fingerprint density at radius 3 is 2.50 bits per heavy atom. The van der Waals surface area contributed by atoms with Gasteiger partial charge in [-0.2, -0.15) is 0 Å². The number of aryl methyl sites for hydroxylation is 1. The normalized spacial score (nSPS) is 18.2. The van der Waals surface area contributed by atoms with Crippen molar-refractivity contribution < 1.29 is 4.42 Å². The topological polar surface area (TPSA) is 59.1 Å². The lowest BCUT2D eigenvalue weighted by Crippen LogP contribution is -2.29. The number of hydrogen-bond donors (Lipinski definition) is 1. The summed E-state index contributed by atoms with van der Waals surface area (Å²) < 4.78 is 7.90. The second-order valence-corrected chi connectivity index (χ2v) is 8.45. The number of nitrogens with one attached hydrogen (secondary N) is 1. The second kappa shape index (κ2) is 8.59. The van der Waals surface area contributed by atoms with Crippen molar-refractivity contribution in [3.63, 3.8) is 0 Å². The Balaban J connectivity index is 1.57. The molecule has 5 rings (SSSR count). The molecular weight excluding hydrogens is 418 g/mol. The quantitative estimate of drug-likeness (QED) is 0.436. The van der Waals surface area contributed by atoms with Gasteiger partial charge in [0.05, 0.1) is 42.8 Å². The first-order valence-electron chi connectivity index (χ1n) is 10.7. The van der Waals surface area contributed by atoms with Crippen LogP contribution in [0.1, 0.15) is 46.2 Å². The number of furan rings is 1. The van der Waals surface area contributed by atoms with Crippen LogP contribution in [0.2, 0.25) is 0 Å². The Morgan fingerprint density at radius 2 is 1.81 bits per heavy atom. The average molecular weight is 444 g/mol. The van der Waals surface area contributed by atoms with Crippen molar-refractivity contribution in [1.82, 2.24) is 24.8 Å². The molecule has 6 nitrogen and oxygen atoms in total. The lowest BCUT2D eigenvalue weighted by atomic mass is 9.96. The lowest BCUT2D eigenvalue weighted by Gasteiger charge is -2.28. The van der Waals surface area contributed by atoms with E-state index in [1.807, 2.05) is 54.9 Å². The number of pyridine rings is 2. The number of thiocarbonyl (C=S) groups is 1. The van der Waals surface area contributed by atoms with Crippen LogP contribution in [0.25, 0.3) is 0 Å². The van der Waals surface area contributed by atoms with Crippen LogP contribution in [-0.4, -0.2) is 24.5 Å². The zero-order chi connectivity index (χ0) is 22.1. The molecule has 0 amide bonds. The molecule has 0 radical (unpaired) electrons. The van der Waals surface area contributed by atoms with Gasteiger partial charge in [-0.25, -0.2) is 0 Å². The largest absolute Gasteiger partial charge is 0.467 e. The summed E-state index contributed by atoms with van der Waals surface area (Å²) in [7, 11) is 0. The standard InChI is InChI=1S/C25H25N5OS/c1-17-14-21(18(2)29(17)16-20-9-7-13-31-20)24-23(22-10-4-6-12-27-22)28-25(32)30(24)15-19-8-3-5-11-26-19/h3-14,23-24H,15-16H2,1-2H3,(H,28,32)/t23-,24-/m0/s1. The molecule has 0 saturated carbocycles. The molecule has 0 aliphatic carbocycles. The van der Waals surface area contributed by atoms with Gasteiger partial charge in [-0.1, -0.05) is 12.1 Å². The van der Waals surface area contributed by atoms with E-state index in [4.69, 9.17) is 16.6 Å². The molecule has 1 fully saturated rings. The van der Waals surface area contributed by atoms with Crippen molar-refractivity contribution in [2.75, 3.05) is 0 Å². The summed E-state index contributed by atoms with van der Waals surface area (Å²) in [6.07, 6.45) is 5.37. The van der Waals surface area contributed by atoms with E-state index in [0.717, 1.165) is 17.1 Å². The molecule has 4 aromatic heterocycles. The minimum Gasteiger partial charge on any atom is -0.467 e. The minimum absolute atomic E-state index is 0.00374. The first kappa shape index (κ1) is 20.5. The van der Waals surface area contributed by atoms with Crippen LogP contribution in [0, 0.1) is 13.8 Å². The third-order valence-corrected chi connectivity index (χ3v) is 6.43. The molecule has 1 aliphatic heterocycles. The summed E-state index contributed by atoms with van der Waals surface area (Å²) in [5.41, 5.74) is 5.56. The van der Waals surface area contributed by atoms with Crippen molar-refractivity contribution in [2.45, 2.75) is 39.0 Å². The van der Waals surface area contributed by atoms with Crippen molar-refractivity contribution in [2.24, 2.45) is 0 Å². The van der Waals surface area contributed by atoms with Gasteiger partial charge in [-0.3, -0.25) is 9.97 Å². The van der Waals surface area contributed by atoms with Gasteiger partial charge in [-0.15, -0.1) is 0 Å². The molecule has 1 aliphatic rings. The maximum absolute atomic E-state index is 5.81. The lowest BCUT2D eigenvalue weighted by molar-refractivity contribution is 0.307. The summed E-state index contributed by atoms with van der Waals surface area (Å²) in [6, 6.07) is 18.1. The predicted octanol–water partition coefficient (Wildman–Crippen LogP) is 4.71. The second-order valence-electron chi connectivity index (χ2n) is 8.07. The third kappa shape index (κ3) is 3.80. The number of aromatic nitrogens is 3. The van der Waals surface area contributed by atoms with Gasteiger partial charge < -0.3 is 19.2 Å². The van der Waals surface area contributed by atoms with Crippen LogP contribution in [0.3, 0.4) is 0 Å². The highest BCUT2D eigenvalue weighted by atomic mass is 32.1. The summed E-state index contributed by atoms with van der Waals surface area (Å²) in [6.45, 7) is 5.63. The number of nitrogens with zero attached hydrogens (tertiary/aromatic N) is 4. The third-order valence-electron chi connectivity index (χ3n) is 6.08. The Labute approximate surface area is 192 Å². The molecule has 5 heterocycles. The van der Waals surface area contributed by atoms with Gasteiger partial charge in [0.1, 0.15) is 5.76 Å². The fourth-order valence-electron chi connectivity index (χ4n) is 4.51.